The molecule has 0 radical (unpaired) electrons. The van der Waals surface area contributed by atoms with Crippen LogP contribution in [0.15, 0.2) is 48.8 Å². The molecule has 0 bridgehead atoms. The van der Waals surface area contributed by atoms with Gasteiger partial charge in [0, 0.05) is 24.0 Å². The largest absolute Gasteiger partial charge is 0.497 e. The summed E-state index contributed by atoms with van der Waals surface area (Å²) < 4.78 is 10.3. The van der Waals surface area contributed by atoms with Crippen LogP contribution in [0.25, 0.3) is 0 Å². The van der Waals surface area contributed by atoms with E-state index in [-0.39, 0.29) is 5.91 Å². The molecule has 2 N–H and O–H groups in total. The predicted molar refractivity (Wildman–Crippen MR) is 113 cm³/mol. The van der Waals surface area contributed by atoms with Crippen molar-refractivity contribution in [3.05, 3.63) is 60.0 Å². The number of nitrogens with zero attached hydrogens (tertiary/aromatic N) is 3. The maximum atomic E-state index is 13.1. The van der Waals surface area contributed by atoms with Gasteiger partial charge < -0.3 is 20.1 Å². The molecule has 0 fully saturated rings. The molecule has 1 aromatic carbocycles. The van der Waals surface area contributed by atoms with Crippen molar-refractivity contribution < 1.29 is 14.3 Å². The first-order chi connectivity index (χ1) is 14.5. The summed E-state index contributed by atoms with van der Waals surface area (Å²) in [5.41, 5.74) is 2.38. The minimum atomic E-state index is -0.761. The summed E-state index contributed by atoms with van der Waals surface area (Å²) in [6.45, 7) is 1.91. The van der Waals surface area contributed by atoms with Gasteiger partial charge in [0.1, 0.15) is 5.75 Å². The minimum absolute atomic E-state index is 0.126. The normalized spacial score (nSPS) is 17.2. The van der Waals surface area contributed by atoms with E-state index < -0.39 is 5.41 Å². The Labute approximate surface area is 174 Å². The molecule has 1 atom stereocenters. The topological polar surface area (TPSA) is 98.3 Å². The fraction of sp³-hybridized carbons (Fsp3) is 0.273. The van der Waals surface area contributed by atoms with Crippen LogP contribution in [0.2, 0.25) is 0 Å². The number of rotatable bonds is 6. The second kappa shape index (κ2) is 7.98. The standard InChI is InChI=1S/C22H23N5O3/c1-22(20(28)25-16-7-8-18(30-3)23-13-16)10-9-14-12-24-21(27-19(14)22)26-15-5-4-6-17(11-15)29-2/h4-8,11-13H,9-10H2,1-3H3,(H,25,28)(H,24,26,27). The highest BCUT2D eigenvalue weighted by Gasteiger charge is 2.43. The van der Waals surface area contributed by atoms with E-state index in [0.29, 0.717) is 23.9 Å². The first-order valence-electron chi connectivity index (χ1n) is 9.61. The average molecular weight is 405 g/mol. The van der Waals surface area contributed by atoms with Gasteiger partial charge in [0.15, 0.2) is 0 Å². The summed E-state index contributed by atoms with van der Waals surface area (Å²) in [7, 11) is 3.17. The van der Waals surface area contributed by atoms with E-state index in [1.807, 2.05) is 31.2 Å². The van der Waals surface area contributed by atoms with Gasteiger partial charge in [0.25, 0.3) is 0 Å². The third-order valence-corrected chi connectivity index (χ3v) is 5.31. The van der Waals surface area contributed by atoms with Gasteiger partial charge in [-0.25, -0.2) is 15.0 Å². The Hall–Kier alpha value is -3.68. The van der Waals surface area contributed by atoms with Gasteiger partial charge in [0.2, 0.25) is 17.7 Å². The Morgan fingerprint density at radius 3 is 2.67 bits per heavy atom. The van der Waals surface area contributed by atoms with Crippen LogP contribution in [0.1, 0.15) is 24.6 Å². The van der Waals surface area contributed by atoms with Crippen molar-refractivity contribution in [2.75, 3.05) is 24.9 Å². The number of hydrogen-bond donors (Lipinski definition) is 2. The number of ether oxygens (including phenoxy) is 2. The number of carbonyl (C=O) groups is 1. The SMILES string of the molecule is COc1cccc(Nc2ncc3c(n2)C(C)(C(=O)Nc2ccc(OC)nc2)CC3)c1. The highest BCUT2D eigenvalue weighted by atomic mass is 16.5. The molecule has 3 aromatic rings. The summed E-state index contributed by atoms with van der Waals surface area (Å²) in [4.78, 5) is 26.4. The van der Waals surface area contributed by atoms with E-state index in [4.69, 9.17) is 9.47 Å². The molecule has 0 spiro atoms. The monoisotopic (exact) mass is 405 g/mol. The van der Waals surface area contributed by atoms with Crippen LogP contribution in [0, 0.1) is 0 Å². The number of hydrogen-bond acceptors (Lipinski definition) is 7. The number of benzene rings is 1. The molecule has 1 unspecified atom stereocenters. The third kappa shape index (κ3) is 3.76. The lowest BCUT2D eigenvalue weighted by Crippen LogP contribution is -2.36. The quantitative estimate of drug-likeness (QED) is 0.648. The van der Waals surface area contributed by atoms with Crippen LogP contribution >= 0.6 is 0 Å². The fourth-order valence-electron chi connectivity index (χ4n) is 3.53. The van der Waals surface area contributed by atoms with E-state index >= 15 is 0 Å². The van der Waals surface area contributed by atoms with Crippen LogP contribution in [0.5, 0.6) is 11.6 Å². The van der Waals surface area contributed by atoms with Crippen LogP contribution < -0.4 is 20.1 Å². The smallest absolute Gasteiger partial charge is 0.236 e. The molecule has 0 saturated carbocycles. The molecule has 0 aliphatic heterocycles. The van der Waals surface area contributed by atoms with Crippen molar-refractivity contribution in [1.82, 2.24) is 15.0 Å². The zero-order chi connectivity index (χ0) is 21.1. The number of nitrogens with one attached hydrogen (secondary N) is 2. The molecule has 30 heavy (non-hydrogen) atoms. The molecule has 2 heterocycles. The lowest BCUT2D eigenvalue weighted by molar-refractivity contribution is -0.121. The predicted octanol–water partition coefficient (Wildman–Crippen LogP) is 3.48. The Bertz CT molecular complexity index is 1070. The summed E-state index contributed by atoms with van der Waals surface area (Å²) >= 11 is 0. The lowest BCUT2D eigenvalue weighted by Gasteiger charge is -2.23. The van der Waals surface area contributed by atoms with Gasteiger partial charge in [0.05, 0.1) is 37.2 Å². The molecule has 8 nitrogen and oxygen atoms in total. The Kier molecular flexibility index (Phi) is 5.22. The number of aromatic nitrogens is 3. The zero-order valence-electron chi connectivity index (χ0n) is 17.1. The number of methoxy groups -OCH3 is 2. The number of amides is 1. The maximum absolute atomic E-state index is 13.1. The van der Waals surface area contributed by atoms with Crippen molar-refractivity contribution in [3.8, 4) is 11.6 Å². The van der Waals surface area contributed by atoms with Gasteiger partial charge in [-0.3, -0.25) is 4.79 Å². The van der Waals surface area contributed by atoms with E-state index in [0.717, 1.165) is 29.1 Å². The van der Waals surface area contributed by atoms with E-state index in [2.05, 4.69) is 25.6 Å². The van der Waals surface area contributed by atoms with Crippen LogP contribution in [0.4, 0.5) is 17.3 Å². The molecule has 8 heteroatoms. The highest BCUT2D eigenvalue weighted by molar-refractivity contribution is 5.99. The second-order valence-corrected chi connectivity index (χ2v) is 7.30. The van der Waals surface area contributed by atoms with Gasteiger partial charge in [-0.15, -0.1) is 0 Å². The molecule has 1 aliphatic rings. The van der Waals surface area contributed by atoms with E-state index in [9.17, 15) is 4.79 Å². The maximum Gasteiger partial charge on any atom is 0.236 e. The molecule has 1 aliphatic carbocycles. The van der Waals surface area contributed by atoms with Crippen LogP contribution in [0.3, 0.4) is 0 Å². The van der Waals surface area contributed by atoms with Gasteiger partial charge in [-0.05, 0) is 43.5 Å². The number of carbonyl (C=O) groups excluding carboxylic acids is 1. The highest BCUT2D eigenvalue weighted by Crippen LogP contribution is 2.39. The summed E-state index contributed by atoms with van der Waals surface area (Å²) in [6, 6.07) is 11.0. The van der Waals surface area contributed by atoms with Crippen molar-refractivity contribution in [1.29, 1.82) is 0 Å². The van der Waals surface area contributed by atoms with Crippen molar-refractivity contribution in [3.63, 3.8) is 0 Å². The molecule has 0 saturated heterocycles. The zero-order valence-corrected chi connectivity index (χ0v) is 17.1. The number of fused-ring (bicyclic) bond motifs is 1. The van der Waals surface area contributed by atoms with Crippen LogP contribution in [-0.2, 0) is 16.6 Å². The van der Waals surface area contributed by atoms with Crippen LogP contribution in [-0.4, -0.2) is 35.1 Å². The van der Waals surface area contributed by atoms with Gasteiger partial charge in [-0.2, -0.15) is 0 Å². The van der Waals surface area contributed by atoms with E-state index in [1.165, 1.54) is 0 Å². The molecular weight excluding hydrogens is 382 g/mol. The first kappa shape index (κ1) is 19.6. The van der Waals surface area contributed by atoms with Gasteiger partial charge in [-0.1, -0.05) is 6.07 Å². The number of aryl methyl sites for hydroxylation is 1. The fourth-order valence-corrected chi connectivity index (χ4v) is 3.53. The van der Waals surface area contributed by atoms with Crippen molar-refractivity contribution in [2.45, 2.75) is 25.2 Å². The number of anilines is 3. The molecule has 1 amide bonds. The minimum Gasteiger partial charge on any atom is -0.497 e. The summed E-state index contributed by atoms with van der Waals surface area (Å²) in [6.07, 6.45) is 4.78. The Morgan fingerprint density at radius 2 is 1.93 bits per heavy atom. The Balaban J connectivity index is 1.56. The number of pyridine rings is 1. The van der Waals surface area contributed by atoms with Gasteiger partial charge >= 0.3 is 0 Å². The first-order valence-corrected chi connectivity index (χ1v) is 9.61. The third-order valence-electron chi connectivity index (χ3n) is 5.31. The molecule has 4 rings (SSSR count). The average Bonchev–Trinajstić information content (AvgIpc) is 3.12. The second-order valence-electron chi connectivity index (χ2n) is 7.30. The van der Waals surface area contributed by atoms with E-state index in [1.54, 1.807) is 38.7 Å². The van der Waals surface area contributed by atoms with Crippen molar-refractivity contribution in [2.24, 2.45) is 0 Å². The molecule has 2 aromatic heterocycles. The Morgan fingerprint density at radius 1 is 1.07 bits per heavy atom. The summed E-state index contributed by atoms with van der Waals surface area (Å²) in [5.74, 6) is 1.54. The lowest BCUT2D eigenvalue weighted by atomic mass is 9.86. The molecular formula is C22H23N5O3. The molecule has 154 valence electrons. The van der Waals surface area contributed by atoms with Crippen molar-refractivity contribution >= 4 is 23.2 Å². The summed E-state index contributed by atoms with van der Waals surface area (Å²) in [5, 5.41) is 6.14.